The summed E-state index contributed by atoms with van der Waals surface area (Å²) in [5.74, 6) is 1.52. The molecule has 2 aliphatic carbocycles. The fraction of sp³-hybridized carbons (Fsp3) is 0.708. The summed E-state index contributed by atoms with van der Waals surface area (Å²) in [4.78, 5) is 0. The highest BCUT2D eigenvalue weighted by Crippen LogP contribution is 2.39. The summed E-state index contributed by atoms with van der Waals surface area (Å²) >= 11 is 0. The van der Waals surface area contributed by atoms with Gasteiger partial charge in [0.25, 0.3) is 0 Å². The molecule has 2 aliphatic rings. The molecular formula is C24H33F2N. The molecule has 0 aromatic heterocycles. The lowest BCUT2D eigenvalue weighted by Crippen LogP contribution is -2.16. The van der Waals surface area contributed by atoms with Crippen LogP contribution in [-0.2, 0) is 0 Å². The van der Waals surface area contributed by atoms with Crippen molar-refractivity contribution in [1.82, 2.24) is 0 Å². The molecule has 0 amide bonds. The number of benzene rings is 1. The normalized spacial score (nSPS) is 28.7. The van der Waals surface area contributed by atoms with Gasteiger partial charge in [0.15, 0.2) is 0 Å². The van der Waals surface area contributed by atoms with Crippen molar-refractivity contribution in [1.29, 1.82) is 5.26 Å². The molecule has 0 heterocycles. The van der Waals surface area contributed by atoms with Gasteiger partial charge in [-0.2, -0.15) is 5.26 Å². The molecule has 0 aliphatic heterocycles. The van der Waals surface area contributed by atoms with Crippen molar-refractivity contribution in [3.05, 3.63) is 34.9 Å². The number of nitriles is 1. The van der Waals surface area contributed by atoms with Crippen LogP contribution in [-0.4, -0.2) is 0 Å². The van der Waals surface area contributed by atoms with Gasteiger partial charge in [0.05, 0.1) is 0 Å². The van der Waals surface area contributed by atoms with Crippen LogP contribution in [0.4, 0.5) is 8.78 Å². The fourth-order valence-corrected chi connectivity index (χ4v) is 5.34. The Morgan fingerprint density at radius 1 is 0.852 bits per heavy atom. The van der Waals surface area contributed by atoms with Crippen molar-refractivity contribution >= 4 is 0 Å². The SMILES string of the molecule is CCC1CCC(CCCC2CCC(c3cc(F)c(C#N)c(F)c3)CC2)CC1. The zero-order chi connectivity index (χ0) is 19.2. The lowest BCUT2D eigenvalue weighted by atomic mass is 9.75. The summed E-state index contributed by atoms with van der Waals surface area (Å²) in [5.41, 5.74) is 0.274. The van der Waals surface area contributed by atoms with E-state index < -0.39 is 17.2 Å². The molecule has 1 nitrogen and oxygen atoms in total. The molecule has 3 heteroatoms. The Balaban J connectivity index is 1.40. The van der Waals surface area contributed by atoms with Crippen molar-refractivity contribution in [3.8, 4) is 6.07 Å². The van der Waals surface area contributed by atoms with Gasteiger partial charge in [0.1, 0.15) is 23.3 Å². The van der Waals surface area contributed by atoms with Crippen molar-refractivity contribution in [2.75, 3.05) is 0 Å². The van der Waals surface area contributed by atoms with E-state index in [9.17, 15) is 8.78 Å². The van der Waals surface area contributed by atoms with Crippen molar-refractivity contribution < 1.29 is 8.78 Å². The Hall–Kier alpha value is -1.43. The molecule has 0 radical (unpaired) electrons. The number of hydrogen-bond acceptors (Lipinski definition) is 1. The molecule has 2 saturated carbocycles. The monoisotopic (exact) mass is 373 g/mol. The second-order valence-electron chi connectivity index (χ2n) is 8.91. The third kappa shape index (κ3) is 5.31. The van der Waals surface area contributed by atoms with E-state index >= 15 is 0 Å². The summed E-state index contributed by atoms with van der Waals surface area (Å²) in [5, 5.41) is 8.81. The largest absolute Gasteiger partial charge is 0.205 e. The molecule has 27 heavy (non-hydrogen) atoms. The van der Waals surface area contributed by atoms with Crippen LogP contribution in [0.5, 0.6) is 0 Å². The summed E-state index contributed by atoms with van der Waals surface area (Å²) < 4.78 is 27.7. The van der Waals surface area contributed by atoms with Crippen molar-refractivity contribution in [3.63, 3.8) is 0 Å². The van der Waals surface area contributed by atoms with Crippen molar-refractivity contribution in [2.45, 2.75) is 89.9 Å². The first-order valence-electron chi connectivity index (χ1n) is 11.0. The molecule has 0 bridgehead atoms. The highest BCUT2D eigenvalue weighted by atomic mass is 19.1. The molecule has 2 fully saturated rings. The summed E-state index contributed by atoms with van der Waals surface area (Å²) in [7, 11) is 0. The average molecular weight is 374 g/mol. The van der Waals surface area contributed by atoms with Crippen LogP contribution >= 0.6 is 0 Å². The maximum atomic E-state index is 13.9. The number of rotatable bonds is 6. The van der Waals surface area contributed by atoms with Gasteiger partial charge >= 0.3 is 0 Å². The van der Waals surface area contributed by atoms with E-state index in [1.165, 1.54) is 63.5 Å². The van der Waals surface area contributed by atoms with Crippen LogP contribution in [0.25, 0.3) is 0 Å². The van der Waals surface area contributed by atoms with Crippen LogP contribution in [0.3, 0.4) is 0 Å². The van der Waals surface area contributed by atoms with Gasteiger partial charge in [0.2, 0.25) is 0 Å². The highest BCUT2D eigenvalue weighted by Gasteiger charge is 2.25. The predicted molar refractivity (Wildman–Crippen MR) is 105 cm³/mol. The molecule has 1 aromatic rings. The molecule has 0 unspecified atom stereocenters. The van der Waals surface area contributed by atoms with Gasteiger partial charge in [0, 0.05) is 0 Å². The Labute approximate surface area is 163 Å². The highest BCUT2D eigenvalue weighted by molar-refractivity contribution is 5.36. The fourth-order valence-electron chi connectivity index (χ4n) is 5.34. The Morgan fingerprint density at radius 3 is 1.81 bits per heavy atom. The quantitative estimate of drug-likeness (QED) is 0.506. The lowest BCUT2D eigenvalue weighted by molar-refractivity contribution is 0.241. The standard InChI is InChI=1S/C24H33F2N/c1-2-17-6-8-18(9-7-17)4-3-5-19-10-12-20(13-11-19)21-14-23(25)22(16-27)24(26)15-21/h14-15,17-20H,2-13H2,1H3. The van der Waals surface area contributed by atoms with E-state index in [0.717, 1.165) is 49.0 Å². The molecule has 3 rings (SSSR count). The molecule has 0 spiro atoms. The molecule has 0 saturated heterocycles. The second kappa shape index (κ2) is 9.67. The summed E-state index contributed by atoms with van der Waals surface area (Å²) in [6.07, 6.45) is 15.5. The summed E-state index contributed by atoms with van der Waals surface area (Å²) in [6, 6.07) is 4.36. The number of halogens is 2. The minimum atomic E-state index is -0.715. The van der Waals surface area contributed by atoms with E-state index in [1.807, 2.05) is 0 Å². The van der Waals surface area contributed by atoms with Crippen LogP contribution in [0.1, 0.15) is 101 Å². The van der Waals surface area contributed by atoms with Gasteiger partial charge in [-0.15, -0.1) is 0 Å². The minimum absolute atomic E-state index is 0.238. The Morgan fingerprint density at radius 2 is 1.33 bits per heavy atom. The van der Waals surface area contributed by atoms with Gasteiger partial charge in [-0.05, 0) is 67.1 Å². The van der Waals surface area contributed by atoms with E-state index in [0.29, 0.717) is 0 Å². The van der Waals surface area contributed by atoms with E-state index in [-0.39, 0.29) is 5.92 Å². The van der Waals surface area contributed by atoms with Crippen LogP contribution in [0.15, 0.2) is 12.1 Å². The maximum absolute atomic E-state index is 13.9. The second-order valence-corrected chi connectivity index (χ2v) is 8.91. The molecule has 1 aromatic carbocycles. The van der Waals surface area contributed by atoms with E-state index in [4.69, 9.17) is 5.26 Å². The first kappa shape index (κ1) is 20.3. The third-order valence-corrected chi connectivity index (χ3v) is 7.26. The van der Waals surface area contributed by atoms with Crippen LogP contribution in [0.2, 0.25) is 0 Å². The minimum Gasteiger partial charge on any atom is -0.205 e. The topological polar surface area (TPSA) is 23.8 Å². The van der Waals surface area contributed by atoms with Gasteiger partial charge < -0.3 is 0 Å². The zero-order valence-electron chi connectivity index (χ0n) is 16.7. The van der Waals surface area contributed by atoms with Gasteiger partial charge in [-0.25, -0.2) is 8.78 Å². The first-order valence-corrected chi connectivity index (χ1v) is 11.0. The average Bonchev–Trinajstić information content (AvgIpc) is 2.69. The van der Waals surface area contributed by atoms with Crippen LogP contribution in [0, 0.1) is 40.7 Å². The molecule has 0 atom stereocenters. The lowest BCUT2D eigenvalue weighted by Gasteiger charge is -2.30. The molecular weight excluding hydrogens is 340 g/mol. The van der Waals surface area contributed by atoms with Crippen molar-refractivity contribution in [2.24, 2.45) is 17.8 Å². The molecule has 0 N–H and O–H groups in total. The zero-order valence-corrected chi connectivity index (χ0v) is 16.7. The third-order valence-electron chi connectivity index (χ3n) is 7.26. The smallest absolute Gasteiger partial charge is 0.144 e. The number of hydrogen-bond donors (Lipinski definition) is 0. The van der Waals surface area contributed by atoms with Crippen LogP contribution < -0.4 is 0 Å². The first-order chi connectivity index (χ1) is 13.1. The number of nitrogens with zero attached hydrogens (tertiary/aromatic N) is 1. The van der Waals surface area contributed by atoms with E-state index in [2.05, 4.69) is 6.92 Å². The van der Waals surface area contributed by atoms with Gasteiger partial charge in [-0.3, -0.25) is 0 Å². The summed E-state index contributed by atoms with van der Waals surface area (Å²) in [6.45, 7) is 2.32. The maximum Gasteiger partial charge on any atom is 0.144 e. The van der Waals surface area contributed by atoms with E-state index in [1.54, 1.807) is 6.07 Å². The Bertz CT molecular complexity index is 624. The predicted octanol–water partition coefficient (Wildman–Crippen LogP) is 7.50. The Kier molecular flexibility index (Phi) is 7.27. The van der Waals surface area contributed by atoms with Gasteiger partial charge in [-0.1, -0.05) is 58.3 Å². The molecule has 148 valence electrons.